The van der Waals surface area contributed by atoms with E-state index in [9.17, 15) is 0 Å². The molecule has 0 amide bonds. The van der Waals surface area contributed by atoms with Gasteiger partial charge in [-0.1, -0.05) is 6.42 Å². The Kier molecular flexibility index (Phi) is 4.91. The highest BCUT2D eigenvalue weighted by atomic mass is 16.5. The molecule has 0 bridgehead atoms. The topological polar surface area (TPSA) is 50.5 Å². The first kappa shape index (κ1) is 14.0. The van der Waals surface area contributed by atoms with Crippen molar-refractivity contribution in [3.05, 3.63) is 18.2 Å². The molecule has 106 valence electrons. The van der Waals surface area contributed by atoms with Gasteiger partial charge in [0.2, 0.25) is 0 Å². The van der Waals surface area contributed by atoms with Crippen LogP contribution in [0.15, 0.2) is 18.2 Å². The van der Waals surface area contributed by atoms with E-state index in [1.807, 2.05) is 18.2 Å². The molecule has 0 aliphatic carbocycles. The van der Waals surface area contributed by atoms with Gasteiger partial charge in [0.1, 0.15) is 5.75 Å². The molecule has 3 N–H and O–H groups in total. The molecule has 4 heteroatoms. The smallest absolute Gasteiger partial charge is 0.121 e. The van der Waals surface area contributed by atoms with Crippen LogP contribution in [0.25, 0.3) is 0 Å². The second kappa shape index (κ2) is 6.66. The lowest BCUT2D eigenvalue weighted by atomic mass is 10.1. The number of nitrogen functional groups attached to an aromatic ring is 1. The molecule has 1 atom stereocenters. The average molecular weight is 263 g/mol. The van der Waals surface area contributed by atoms with E-state index in [-0.39, 0.29) is 0 Å². The molecule has 4 nitrogen and oxygen atoms in total. The third-order valence-electron chi connectivity index (χ3n) is 3.64. The van der Waals surface area contributed by atoms with Crippen molar-refractivity contribution in [1.82, 2.24) is 4.90 Å². The van der Waals surface area contributed by atoms with E-state index < -0.39 is 0 Å². The van der Waals surface area contributed by atoms with E-state index in [0.717, 1.165) is 23.7 Å². The van der Waals surface area contributed by atoms with Crippen molar-refractivity contribution >= 4 is 11.4 Å². The Morgan fingerprint density at radius 3 is 2.68 bits per heavy atom. The summed E-state index contributed by atoms with van der Waals surface area (Å²) in [6.07, 6.45) is 4.04. The van der Waals surface area contributed by atoms with E-state index in [2.05, 4.69) is 17.1 Å². The molecule has 0 spiro atoms. The van der Waals surface area contributed by atoms with Crippen LogP contribution in [-0.4, -0.2) is 37.7 Å². The summed E-state index contributed by atoms with van der Waals surface area (Å²) >= 11 is 0. The summed E-state index contributed by atoms with van der Waals surface area (Å²) < 4.78 is 5.16. The van der Waals surface area contributed by atoms with Gasteiger partial charge in [-0.05, 0) is 45.0 Å². The quantitative estimate of drug-likeness (QED) is 0.802. The van der Waals surface area contributed by atoms with Gasteiger partial charge in [0.05, 0.1) is 18.5 Å². The van der Waals surface area contributed by atoms with Crippen molar-refractivity contribution < 1.29 is 4.74 Å². The summed E-state index contributed by atoms with van der Waals surface area (Å²) in [6.45, 7) is 5.73. The Bertz CT molecular complexity index is 402. The number of hydrogen-bond donors (Lipinski definition) is 2. The molecule has 1 unspecified atom stereocenters. The van der Waals surface area contributed by atoms with Gasteiger partial charge in [-0.25, -0.2) is 0 Å². The maximum atomic E-state index is 6.02. The summed E-state index contributed by atoms with van der Waals surface area (Å²) in [5, 5.41) is 3.49. The number of methoxy groups -OCH3 is 1. The highest BCUT2D eigenvalue weighted by Gasteiger charge is 2.13. The van der Waals surface area contributed by atoms with Crippen molar-refractivity contribution in [2.75, 3.05) is 37.8 Å². The van der Waals surface area contributed by atoms with Crippen LogP contribution < -0.4 is 15.8 Å². The molecule has 1 aromatic rings. The number of anilines is 2. The van der Waals surface area contributed by atoms with Crippen LogP contribution in [0, 0.1) is 0 Å². The number of hydrogen-bond acceptors (Lipinski definition) is 4. The lowest BCUT2D eigenvalue weighted by Gasteiger charge is -2.30. The van der Waals surface area contributed by atoms with E-state index in [1.54, 1.807) is 7.11 Å². The second-order valence-electron chi connectivity index (χ2n) is 5.36. The van der Waals surface area contributed by atoms with Crippen molar-refractivity contribution in [3.63, 3.8) is 0 Å². The van der Waals surface area contributed by atoms with Crippen molar-refractivity contribution in [2.24, 2.45) is 0 Å². The summed E-state index contributed by atoms with van der Waals surface area (Å²) in [6, 6.07) is 6.18. The molecule has 1 aromatic carbocycles. The Morgan fingerprint density at radius 2 is 2.05 bits per heavy atom. The Labute approximate surface area is 115 Å². The summed E-state index contributed by atoms with van der Waals surface area (Å²) in [5.74, 6) is 0.798. The number of nitrogens with zero attached hydrogens (tertiary/aromatic N) is 1. The Morgan fingerprint density at radius 1 is 1.32 bits per heavy atom. The first-order valence-electron chi connectivity index (χ1n) is 7.11. The lowest BCUT2D eigenvalue weighted by Crippen LogP contribution is -2.38. The number of piperidine rings is 1. The number of likely N-dealkylation sites (tertiary alicyclic amines) is 1. The van der Waals surface area contributed by atoms with Crippen LogP contribution in [0.4, 0.5) is 11.4 Å². The zero-order valence-corrected chi connectivity index (χ0v) is 12.0. The largest absolute Gasteiger partial charge is 0.497 e. The van der Waals surface area contributed by atoms with Crippen LogP contribution in [0.5, 0.6) is 5.75 Å². The Balaban J connectivity index is 1.88. The molecule has 1 aliphatic rings. The van der Waals surface area contributed by atoms with E-state index >= 15 is 0 Å². The minimum absolute atomic E-state index is 0.397. The van der Waals surface area contributed by atoms with Gasteiger partial charge >= 0.3 is 0 Å². The van der Waals surface area contributed by atoms with Crippen molar-refractivity contribution in [1.29, 1.82) is 0 Å². The van der Waals surface area contributed by atoms with Gasteiger partial charge in [-0.2, -0.15) is 0 Å². The SMILES string of the molecule is COc1ccc(NC(C)CN2CCCCC2)c(N)c1. The predicted octanol–water partition coefficient (Wildman–Crippen LogP) is 2.56. The molecular formula is C15H25N3O. The molecule has 0 radical (unpaired) electrons. The lowest BCUT2D eigenvalue weighted by molar-refractivity contribution is 0.223. The highest BCUT2D eigenvalue weighted by Crippen LogP contribution is 2.24. The predicted molar refractivity (Wildman–Crippen MR) is 80.8 cm³/mol. The van der Waals surface area contributed by atoms with Gasteiger partial charge in [0, 0.05) is 18.7 Å². The van der Waals surface area contributed by atoms with Gasteiger partial charge < -0.3 is 20.7 Å². The monoisotopic (exact) mass is 263 g/mol. The number of rotatable bonds is 5. The normalized spacial score (nSPS) is 18.0. The van der Waals surface area contributed by atoms with Crippen LogP contribution in [-0.2, 0) is 0 Å². The van der Waals surface area contributed by atoms with Gasteiger partial charge in [0.25, 0.3) is 0 Å². The molecule has 1 heterocycles. The van der Waals surface area contributed by atoms with Gasteiger partial charge in [-0.3, -0.25) is 0 Å². The molecule has 1 aliphatic heterocycles. The zero-order chi connectivity index (χ0) is 13.7. The van der Waals surface area contributed by atoms with E-state index in [1.165, 1.54) is 32.4 Å². The van der Waals surface area contributed by atoms with Crippen LogP contribution in [0.3, 0.4) is 0 Å². The minimum atomic E-state index is 0.397. The maximum Gasteiger partial charge on any atom is 0.121 e. The number of ether oxygens (including phenoxy) is 1. The molecule has 2 rings (SSSR count). The number of benzene rings is 1. The molecular weight excluding hydrogens is 238 g/mol. The fraction of sp³-hybridized carbons (Fsp3) is 0.600. The van der Waals surface area contributed by atoms with E-state index in [4.69, 9.17) is 10.5 Å². The fourth-order valence-electron chi connectivity index (χ4n) is 2.64. The minimum Gasteiger partial charge on any atom is -0.497 e. The molecule has 1 saturated heterocycles. The fourth-order valence-corrected chi connectivity index (χ4v) is 2.64. The van der Waals surface area contributed by atoms with Crippen molar-refractivity contribution in [3.8, 4) is 5.75 Å². The van der Waals surface area contributed by atoms with Gasteiger partial charge in [0.15, 0.2) is 0 Å². The first-order chi connectivity index (χ1) is 9.19. The van der Waals surface area contributed by atoms with Crippen LogP contribution >= 0.6 is 0 Å². The van der Waals surface area contributed by atoms with Crippen LogP contribution in [0.2, 0.25) is 0 Å². The van der Waals surface area contributed by atoms with Gasteiger partial charge in [-0.15, -0.1) is 0 Å². The Hall–Kier alpha value is -1.42. The summed E-state index contributed by atoms with van der Waals surface area (Å²) in [7, 11) is 1.65. The standard InChI is InChI=1S/C15H25N3O/c1-12(11-18-8-4-3-5-9-18)17-15-7-6-13(19-2)10-14(15)16/h6-7,10,12,17H,3-5,8-9,11,16H2,1-2H3. The molecule has 19 heavy (non-hydrogen) atoms. The number of nitrogens with two attached hydrogens (primary N) is 1. The average Bonchev–Trinajstić information content (AvgIpc) is 2.42. The third-order valence-corrected chi connectivity index (χ3v) is 3.64. The summed E-state index contributed by atoms with van der Waals surface area (Å²) in [4.78, 5) is 2.53. The molecule has 0 saturated carbocycles. The zero-order valence-electron chi connectivity index (χ0n) is 12.0. The maximum absolute atomic E-state index is 6.02. The van der Waals surface area contributed by atoms with Crippen molar-refractivity contribution in [2.45, 2.75) is 32.2 Å². The third kappa shape index (κ3) is 4.03. The first-order valence-corrected chi connectivity index (χ1v) is 7.11. The van der Waals surface area contributed by atoms with Crippen LogP contribution in [0.1, 0.15) is 26.2 Å². The molecule has 1 fully saturated rings. The van der Waals surface area contributed by atoms with E-state index in [0.29, 0.717) is 6.04 Å². The molecule has 0 aromatic heterocycles. The highest BCUT2D eigenvalue weighted by molar-refractivity contribution is 5.68. The second-order valence-corrected chi connectivity index (χ2v) is 5.36. The number of nitrogens with one attached hydrogen (secondary N) is 1. The summed E-state index contributed by atoms with van der Waals surface area (Å²) in [5.41, 5.74) is 7.75.